The van der Waals surface area contributed by atoms with Gasteiger partial charge >= 0.3 is 0 Å². The minimum absolute atomic E-state index is 0.0819. The fourth-order valence-electron chi connectivity index (χ4n) is 5.47. The zero-order valence-corrected chi connectivity index (χ0v) is 19.9. The van der Waals surface area contributed by atoms with Crippen molar-refractivity contribution in [2.75, 3.05) is 35.8 Å². The highest BCUT2D eigenvalue weighted by molar-refractivity contribution is 7.86. The Balaban J connectivity index is 1.35. The van der Waals surface area contributed by atoms with E-state index in [4.69, 9.17) is 11.6 Å². The molecule has 2 aliphatic heterocycles. The first-order chi connectivity index (χ1) is 15.7. The summed E-state index contributed by atoms with van der Waals surface area (Å²) in [4.78, 5) is 7.25. The van der Waals surface area contributed by atoms with Gasteiger partial charge in [-0.25, -0.2) is 18.0 Å². The number of nitrogens with zero attached hydrogens (tertiary/aromatic N) is 3. The maximum Gasteiger partial charge on any atom is 0.214 e. The van der Waals surface area contributed by atoms with E-state index < -0.39 is 33.5 Å². The third-order valence-corrected chi connectivity index (χ3v) is 9.10. The van der Waals surface area contributed by atoms with Crippen molar-refractivity contribution >= 4 is 34.1 Å². The second-order valence-electron chi connectivity index (χ2n) is 9.74. The van der Waals surface area contributed by atoms with Gasteiger partial charge in [0.2, 0.25) is 5.95 Å². The molecule has 1 aliphatic carbocycles. The van der Waals surface area contributed by atoms with Crippen molar-refractivity contribution in [2.45, 2.75) is 49.5 Å². The molecule has 1 aromatic carbocycles. The summed E-state index contributed by atoms with van der Waals surface area (Å²) in [5.41, 5.74) is 0.654. The number of halogens is 4. The van der Waals surface area contributed by atoms with Crippen molar-refractivity contribution in [2.24, 2.45) is 5.41 Å². The SMILES string of the molecule is CC1(N2CCC3(CCC3)C2)CCN(c2cc(F)c(S(=O)Nc3cccc(F)n3)c(F)c2Cl)C1. The first-order valence-electron chi connectivity index (χ1n) is 11.2. The molecule has 1 spiro atoms. The van der Waals surface area contributed by atoms with Gasteiger partial charge in [-0.1, -0.05) is 24.1 Å². The van der Waals surface area contributed by atoms with E-state index in [2.05, 4.69) is 21.5 Å². The fraction of sp³-hybridized carbons (Fsp3) is 0.522. The molecule has 0 bridgehead atoms. The molecule has 2 unspecified atom stereocenters. The molecule has 1 N–H and O–H groups in total. The third kappa shape index (κ3) is 4.12. The van der Waals surface area contributed by atoms with E-state index in [1.165, 1.54) is 37.8 Å². The lowest BCUT2D eigenvalue weighted by molar-refractivity contribution is 0.0938. The quantitative estimate of drug-likeness (QED) is 0.458. The average Bonchev–Trinajstić information content (AvgIpc) is 3.36. The highest BCUT2D eigenvalue weighted by Crippen LogP contribution is 2.50. The van der Waals surface area contributed by atoms with Crippen LogP contribution in [0.4, 0.5) is 24.7 Å². The molecule has 33 heavy (non-hydrogen) atoms. The second kappa shape index (κ2) is 8.43. The Labute approximate surface area is 198 Å². The lowest BCUT2D eigenvalue weighted by Gasteiger charge is -2.41. The van der Waals surface area contributed by atoms with Crippen molar-refractivity contribution in [3.05, 3.63) is 46.9 Å². The van der Waals surface area contributed by atoms with Gasteiger partial charge in [0.15, 0.2) is 16.8 Å². The van der Waals surface area contributed by atoms with Gasteiger partial charge in [-0.15, -0.1) is 0 Å². The maximum atomic E-state index is 15.1. The average molecular weight is 499 g/mol. The van der Waals surface area contributed by atoms with Crippen LogP contribution in [0.3, 0.4) is 0 Å². The van der Waals surface area contributed by atoms with Crippen LogP contribution in [-0.2, 0) is 11.0 Å². The van der Waals surface area contributed by atoms with E-state index in [9.17, 15) is 13.0 Å². The van der Waals surface area contributed by atoms with Crippen LogP contribution < -0.4 is 9.62 Å². The summed E-state index contributed by atoms with van der Waals surface area (Å²) in [7, 11) is -2.35. The summed E-state index contributed by atoms with van der Waals surface area (Å²) in [5, 5.41) is -0.269. The van der Waals surface area contributed by atoms with E-state index in [1.807, 2.05) is 4.90 Å². The van der Waals surface area contributed by atoms with Crippen LogP contribution in [0.15, 0.2) is 29.2 Å². The van der Waals surface area contributed by atoms with Crippen LogP contribution in [0.5, 0.6) is 0 Å². The summed E-state index contributed by atoms with van der Waals surface area (Å²) in [6.45, 7) is 5.61. The number of rotatable bonds is 5. The molecule has 3 heterocycles. The number of pyridine rings is 1. The predicted molar refractivity (Wildman–Crippen MR) is 123 cm³/mol. The molecule has 3 aliphatic rings. The molecule has 5 rings (SSSR count). The molecule has 2 atom stereocenters. The molecular formula is C23H26ClF3N4OS. The zero-order valence-electron chi connectivity index (χ0n) is 18.3. The molecule has 3 fully saturated rings. The van der Waals surface area contributed by atoms with Gasteiger partial charge in [0.05, 0.1) is 5.69 Å². The van der Waals surface area contributed by atoms with Crippen molar-refractivity contribution in [3.8, 4) is 0 Å². The van der Waals surface area contributed by atoms with Crippen molar-refractivity contribution in [1.82, 2.24) is 9.88 Å². The number of likely N-dealkylation sites (tertiary alicyclic amines) is 1. The van der Waals surface area contributed by atoms with E-state index in [1.54, 1.807) is 0 Å². The first-order valence-corrected chi connectivity index (χ1v) is 12.7. The van der Waals surface area contributed by atoms with Crippen molar-refractivity contribution in [3.63, 3.8) is 0 Å². The number of aromatic nitrogens is 1. The van der Waals surface area contributed by atoms with Crippen molar-refractivity contribution < 1.29 is 17.4 Å². The lowest BCUT2D eigenvalue weighted by Crippen LogP contribution is -2.48. The molecule has 1 aromatic heterocycles. The van der Waals surface area contributed by atoms with Crippen LogP contribution in [0, 0.1) is 23.0 Å². The van der Waals surface area contributed by atoms with E-state index in [0.29, 0.717) is 18.5 Å². The predicted octanol–water partition coefficient (Wildman–Crippen LogP) is 5.13. The minimum Gasteiger partial charge on any atom is -0.368 e. The Morgan fingerprint density at radius 1 is 1.12 bits per heavy atom. The largest absolute Gasteiger partial charge is 0.368 e. The Morgan fingerprint density at radius 2 is 1.91 bits per heavy atom. The Kier molecular flexibility index (Phi) is 5.86. The first kappa shape index (κ1) is 22.9. The van der Waals surface area contributed by atoms with E-state index in [0.717, 1.165) is 31.6 Å². The highest BCUT2D eigenvalue weighted by atomic mass is 35.5. The van der Waals surface area contributed by atoms with Crippen LogP contribution in [0.25, 0.3) is 0 Å². The lowest BCUT2D eigenvalue weighted by atomic mass is 9.68. The summed E-state index contributed by atoms with van der Waals surface area (Å²) in [6, 6.07) is 4.95. The Hall–Kier alpha value is -1.84. The molecule has 178 valence electrons. The van der Waals surface area contributed by atoms with Gasteiger partial charge in [0.1, 0.15) is 21.6 Å². The van der Waals surface area contributed by atoms with E-state index in [-0.39, 0.29) is 22.1 Å². The number of anilines is 2. The molecule has 0 amide bonds. The van der Waals surface area contributed by atoms with Gasteiger partial charge in [-0.05, 0) is 56.7 Å². The maximum absolute atomic E-state index is 15.1. The summed E-state index contributed by atoms with van der Waals surface area (Å²) in [5.74, 6) is -2.96. The standard InChI is InChI=1S/C23H26ClF3N4OS/c1-22(31-11-9-23(14-31)6-3-7-23)8-10-30(13-22)16-12-15(25)21(20(27)19(16)24)33(32)29-18-5-2-4-17(26)28-18/h2,4-5,12H,3,6-11,13-14H2,1H3,(H,28,29). The molecule has 5 nitrogen and oxygen atoms in total. The van der Waals surface area contributed by atoms with Crippen LogP contribution in [0.1, 0.15) is 39.0 Å². The van der Waals surface area contributed by atoms with Crippen LogP contribution in [0.2, 0.25) is 5.02 Å². The monoisotopic (exact) mass is 498 g/mol. The second-order valence-corrected chi connectivity index (χ2v) is 11.3. The zero-order chi connectivity index (χ0) is 23.4. The smallest absolute Gasteiger partial charge is 0.214 e. The fourth-order valence-corrected chi connectivity index (χ4v) is 6.70. The minimum atomic E-state index is -2.35. The molecule has 2 aromatic rings. The number of benzene rings is 1. The molecule has 1 saturated carbocycles. The number of nitrogens with one attached hydrogen (secondary N) is 1. The van der Waals surface area contributed by atoms with Crippen molar-refractivity contribution in [1.29, 1.82) is 0 Å². The summed E-state index contributed by atoms with van der Waals surface area (Å²) in [6.07, 6.45) is 6.00. The van der Waals surface area contributed by atoms with Gasteiger partial charge in [0.25, 0.3) is 0 Å². The molecule has 0 radical (unpaired) electrons. The summed E-state index contributed by atoms with van der Waals surface area (Å²) < 4.78 is 58.3. The number of hydrogen-bond donors (Lipinski definition) is 1. The van der Waals surface area contributed by atoms with Gasteiger partial charge in [-0.3, -0.25) is 9.62 Å². The van der Waals surface area contributed by atoms with Crippen LogP contribution >= 0.6 is 11.6 Å². The third-order valence-electron chi connectivity index (χ3n) is 7.60. The molecule has 10 heteroatoms. The van der Waals surface area contributed by atoms with Crippen LogP contribution in [-0.4, -0.2) is 45.8 Å². The molecular weight excluding hydrogens is 473 g/mol. The van der Waals surface area contributed by atoms with Gasteiger partial charge in [0, 0.05) is 31.2 Å². The topological polar surface area (TPSA) is 48.5 Å². The normalized spacial score (nSPS) is 25.4. The molecule has 2 saturated heterocycles. The Morgan fingerprint density at radius 3 is 2.58 bits per heavy atom. The van der Waals surface area contributed by atoms with Gasteiger partial charge in [-0.2, -0.15) is 4.39 Å². The Bertz CT molecular complexity index is 1120. The number of hydrogen-bond acceptors (Lipinski definition) is 4. The highest BCUT2D eigenvalue weighted by Gasteiger charge is 2.49. The van der Waals surface area contributed by atoms with E-state index >= 15 is 4.39 Å². The summed E-state index contributed by atoms with van der Waals surface area (Å²) >= 11 is 6.32. The van der Waals surface area contributed by atoms with Gasteiger partial charge < -0.3 is 4.90 Å².